The van der Waals surface area contributed by atoms with Crippen molar-refractivity contribution >= 4 is 48.0 Å². The average Bonchev–Trinajstić information content (AvgIpc) is 3.75. The van der Waals surface area contributed by atoms with Crippen LogP contribution in [0.1, 0.15) is 31.7 Å². The molecule has 3 aromatic carbocycles. The fraction of sp³-hybridized carbons (Fsp3) is 0.417. The van der Waals surface area contributed by atoms with Gasteiger partial charge in [-0.25, -0.2) is 0 Å². The lowest BCUT2D eigenvalue weighted by Gasteiger charge is -2.37. The Kier molecular flexibility index (Phi) is 7.89. The number of rotatable bonds is 7. The van der Waals surface area contributed by atoms with Gasteiger partial charge in [-0.15, -0.1) is 0 Å². The Hall–Kier alpha value is -4.19. The number of para-hydroxylation sites is 2. The molecule has 0 saturated carbocycles. The summed E-state index contributed by atoms with van der Waals surface area (Å²) < 4.78 is 18.1. The summed E-state index contributed by atoms with van der Waals surface area (Å²) in [6.07, 6.45) is 1.18. The molecule has 4 heterocycles. The Morgan fingerprint density at radius 3 is 2.62 bits per heavy atom. The van der Waals surface area contributed by atoms with E-state index in [0.29, 0.717) is 34.9 Å². The van der Waals surface area contributed by atoms with Crippen LogP contribution in [-0.4, -0.2) is 74.8 Å². The van der Waals surface area contributed by atoms with Gasteiger partial charge in [0.15, 0.2) is 12.2 Å². The molecule has 4 aliphatic heterocycles. The zero-order valence-corrected chi connectivity index (χ0v) is 28.2. The molecule has 7 rings (SSSR count). The number of likely N-dealkylation sites (tertiary alicyclic amines) is 1. The van der Waals surface area contributed by atoms with E-state index in [1.165, 1.54) is 5.19 Å². The number of hydrogen-bond acceptors (Lipinski definition) is 7. The number of ether oxygens (including phenoxy) is 3. The molecule has 3 amide bonds. The van der Waals surface area contributed by atoms with Crippen molar-refractivity contribution in [3.63, 3.8) is 0 Å². The molecular formula is C36H41N3O7Si. The highest BCUT2D eigenvalue weighted by molar-refractivity contribution is 6.91. The minimum absolute atomic E-state index is 0.0665. The molecule has 11 heteroatoms. The molecule has 0 aromatic heterocycles. The fourth-order valence-corrected chi connectivity index (χ4v) is 12.5. The lowest BCUT2D eigenvalue weighted by molar-refractivity contribution is -0.148. The second-order valence-electron chi connectivity index (χ2n) is 13.6. The number of methoxy groups -OCH3 is 1. The molecule has 47 heavy (non-hydrogen) atoms. The minimum atomic E-state index is -2.45. The van der Waals surface area contributed by atoms with Crippen molar-refractivity contribution in [3.05, 3.63) is 72.3 Å². The second kappa shape index (κ2) is 11.8. The Bertz CT molecular complexity index is 1730. The van der Waals surface area contributed by atoms with Gasteiger partial charge in [-0.2, -0.15) is 0 Å². The standard InChI is InChI=1S/C36H41N3O7Si/c1-22-34(47(3,4)26-14-12-25(44-2)13-15-26)31(19-32(41)38-17-7-8-24(38)20-40)46-36(22)27-18-23(11-16-28(27)37-35(36)43)39-29-9-5-6-10-30(29)45-21-33(39)42/h5-6,9-16,18,22,24,31,34,40H,7-8,17,19-21H2,1-4H3,(H,37,43)/t22-,24+,31+,34-,36+/m1/s1. The molecule has 0 radical (unpaired) electrons. The molecule has 2 N–H and O–H groups in total. The van der Waals surface area contributed by atoms with Gasteiger partial charge >= 0.3 is 0 Å². The maximum Gasteiger partial charge on any atom is 0.269 e. The van der Waals surface area contributed by atoms with Crippen LogP contribution in [0.2, 0.25) is 18.6 Å². The first-order valence-electron chi connectivity index (χ1n) is 16.3. The van der Waals surface area contributed by atoms with Crippen LogP contribution in [0.4, 0.5) is 17.1 Å². The van der Waals surface area contributed by atoms with Crippen molar-refractivity contribution in [1.29, 1.82) is 0 Å². The highest BCUT2D eigenvalue weighted by atomic mass is 28.3. The van der Waals surface area contributed by atoms with Gasteiger partial charge in [-0.1, -0.05) is 49.5 Å². The van der Waals surface area contributed by atoms with Crippen molar-refractivity contribution in [2.24, 2.45) is 5.92 Å². The number of aliphatic hydroxyl groups is 1. The summed E-state index contributed by atoms with van der Waals surface area (Å²) >= 11 is 0. The van der Waals surface area contributed by atoms with Gasteiger partial charge in [-0.3, -0.25) is 19.3 Å². The molecule has 2 saturated heterocycles. The van der Waals surface area contributed by atoms with Gasteiger partial charge in [0.05, 0.1) is 46.0 Å². The van der Waals surface area contributed by atoms with E-state index in [2.05, 4.69) is 37.5 Å². The van der Waals surface area contributed by atoms with Gasteiger partial charge in [0, 0.05) is 29.4 Å². The Morgan fingerprint density at radius 2 is 1.87 bits per heavy atom. The van der Waals surface area contributed by atoms with Crippen LogP contribution in [0.5, 0.6) is 11.5 Å². The number of amides is 3. The molecule has 4 aliphatic rings. The Labute approximate surface area is 275 Å². The van der Waals surface area contributed by atoms with Crippen LogP contribution in [0, 0.1) is 5.92 Å². The SMILES string of the molecule is COc1ccc([Si](C)(C)[C@H]2[C@H](CC(=O)N3CCC[C@H]3CO)O[C@@]3(C(=O)Nc4ccc(N5C(=O)COc6ccccc65)cc43)[C@@H]2C)cc1. The van der Waals surface area contributed by atoms with Crippen molar-refractivity contribution in [2.75, 3.05) is 37.1 Å². The van der Waals surface area contributed by atoms with Gasteiger partial charge in [0.1, 0.15) is 11.5 Å². The zero-order valence-electron chi connectivity index (χ0n) is 27.2. The van der Waals surface area contributed by atoms with Gasteiger partial charge in [-0.05, 0) is 60.8 Å². The number of carbonyl (C=O) groups is 3. The third-order valence-electron chi connectivity index (χ3n) is 10.8. The first-order chi connectivity index (χ1) is 22.6. The number of carbonyl (C=O) groups excluding carboxylic acids is 3. The number of hydrogen-bond donors (Lipinski definition) is 2. The van der Waals surface area contributed by atoms with Gasteiger partial charge in [0.25, 0.3) is 11.8 Å². The van der Waals surface area contributed by atoms with E-state index in [0.717, 1.165) is 18.6 Å². The number of nitrogens with one attached hydrogen (secondary N) is 1. The highest BCUT2D eigenvalue weighted by Gasteiger charge is 2.65. The van der Waals surface area contributed by atoms with E-state index >= 15 is 0 Å². The highest BCUT2D eigenvalue weighted by Crippen LogP contribution is 2.59. The maximum atomic E-state index is 14.2. The largest absolute Gasteiger partial charge is 0.497 e. The Balaban J connectivity index is 1.32. The predicted octanol–water partition coefficient (Wildman–Crippen LogP) is 4.29. The molecular weight excluding hydrogens is 614 g/mol. The normalized spacial score (nSPS) is 26.7. The smallest absolute Gasteiger partial charge is 0.269 e. The van der Waals surface area contributed by atoms with Crippen LogP contribution >= 0.6 is 0 Å². The van der Waals surface area contributed by atoms with Crippen molar-refractivity contribution in [1.82, 2.24) is 4.90 Å². The average molecular weight is 656 g/mol. The summed E-state index contributed by atoms with van der Waals surface area (Å²) in [4.78, 5) is 44.8. The number of aliphatic hydroxyl groups excluding tert-OH is 1. The maximum absolute atomic E-state index is 14.2. The summed E-state index contributed by atoms with van der Waals surface area (Å²) in [7, 11) is -0.810. The summed E-state index contributed by atoms with van der Waals surface area (Å²) in [5.41, 5.74) is 1.05. The topological polar surface area (TPSA) is 118 Å². The quantitative estimate of drug-likeness (QED) is 0.365. The lowest BCUT2D eigenvalue weighted by Crippen LogP contribution is -2.52. The van der Waals surface area contributed by atoms with Gasteiger partial charge < -0.3 is 29.5 Å². The fourth-order valence-electron chi connectivity index (χ4n) is 8.49. The molecule has 10 nitrogen and oxygen atoms in total. The molecule has 1 spiro atoms. The predicted molar refractivity (Wildman–Crippen MR) is 180 cm³/mol. The first-order valence-corrected chi connectivity index (χ1v) is 19.4. The summed E-state index contributed by atoms with van der Waals surface area (Å²) in [5, 5.41) is 14.2. The van der Waals surface area contributed by atoms with Gasteiger partial charge in [0.2, 0.25) is 5.91 Å². The molecule has 3 aromatic rings. The second-order valence-corrected chi connectivity index (χ2v) is 18.3. The molecule has 0 aliphatic carbocycles. The van der Waals surface area contributed by atoms with Crippen molar-refractivity contribution in [3.8, 4) is 11.5 Å². The third kappa shape index (κ3) is 4.94. The van der Waals surface area contributed by atoms with E-state index < -0.39 is 19.8 Å². The molecule has 246 valence electrons. The van der Waals surface area contributed by atoms with Crippen LogP contribution in [-0.2, 0) is 24.7 Å². The summed E-state index contributed by atoms with van der Waals surface area (Å²) in [6.45, 7) is 7.04. The number of nitrogens with zero attached hydrogens (tertiary/aromatic N) is 2. The molecule has 0 unspecified atom stereocenters. The van der Waals surface area contributed by atoms with Crippen molar-refractivity contribution < 1.29 is 33.7 Å². The Morgan fingerprint density at radius 1 is 1.11 bits per heavy atom. The molecule has 2 fully saturated rings. The minimum Gasteiger partial charge on any atom is -0.497 e. The summed E-state index contributed by atoms with van der Waals surface area (Å²) in [5.74, 6) is 0.519. The molecule has 5 atom stereocenters. The number of anilines is 3. The van der Waals surface area contributed by atoms with Crippen LogP contribution in [0.3, 0.4) is 0 Å². The molecule has 0 bridgehead atoms. The van der Waals surface area contributed by atoms with Crippen LogP contribution < -0.4 is 24.9 Å². The lowest BCUT2D eigenvalue weighted by atomic mass is 9.82. The van der Waals surface area contributed by atoms with Crippen LogP contribution in [0.25, 0.3) is 0 Å². The van der Waals surface area contributed by atoms with E-state index in [4.69, 9.17) is 14.2 Å². The van der Waals surface area contributed by atoms with E-state index in [-0.39, 0.29) is 54.9 Å². The van der Waals surface area contributed by atoms with E-state index in [9.17, 15) is 19.5 Å². The first kappa shape index (κ1) is 31.4. The van der Waals surface area contributed by atoms with Crippen LogP contribution in [0.15, 0.2) is 66.7 Å². The monoisotopic (exact) mass is 655 g/mol. The summed E-state index contributed by atoms with van der Waals surface area (Å²) in [6, 6.07) is 20.8. The van der Waals surface area contributed by atoms with E-state index in [1.54, 1.807) is 16.9 Å². The van der Waals surface area contributed by atoms with E-state index in [1.807, 2.05) is 54.6 Å². The number of fused-ring (bicyclic) bond motifs is 3. The zero-order chi connectivity index (χ0) is 33.1. The number of benzene rings is 3. The third-order valence-corrected chi connectivity index (χ3v) is 15.2. The van der Waals surface area contributed by atoms with Crippen molar-refractivity contribution in [2.45, 2.75) is 62.6 Å².